The maximum atomic E-state index is 13.5. The molecule has 33 heavy (non-hydrogen) atoms. The number of halogens is 1. The first-order valence-corrected chi connectivity index (χ1v) is 13.2. The summed E-state index contributed by atoms with van der Waals surface area (Å²) in [6.45, 7) is 8.88. The van der Waals surface area contributed by atoms with E-state index in [1.165, 1.54) is 4.90 Å². The van der Waals surface area contributed by atoms with Crippen molar-refractivity contribution in [2.24, 2.45) is 0 Å². The molecule has 0 saturated heterocycles. The summed E-state index contributed by atoms with van der Waals surface area (Å²) in [6.07, 6.45) is 1.06. The standard InChI is InChI=1S/C24H32BrN3O4S/c1-17-7-13-21(14-8-17)28(33(6,31)32)16-22(29)27(15-19-9-11-20(25)12-10-19)18(2)23(30)26-24(3,4)5/h7-14,18H,15-16H2,1-6H3,(H,26,30)/t18-/m1/s1. The van der Waals surface area contributed by atoms with E-state index in [1.54, 1.807) is 31.2 Å². The third-order valence-corrected chi connectivity index (χ3v) is 6.60. The second-order valence-electron chi connectivity index (χ2n) is 9.17. The van der Waals surface area contributed by atoms with Crippen LogP contribution in [0.25, 0.3) is 0 Å². The Morgan fingerprint density at radius 1 is 1.03 bits per heavy atom. The Labute approximate surface area is 205 Å². The molecular formula is C24H32BrN3O4S. The molecule has 0 radical (unpaired) electrons. The maximum absolute atomic E-state index is 13.5. The van der Waals surface area contributed by atoms with E-state index in [2.05, 4.69) is 21.2 Å². The van der Waals surface area contributed by atoms with Crippen molar-refractivity contribution in [3.63, 3.8) is 0 Å². The summed E-state index contributed by atoms with van der Waals surface area (Å²) < 4.78 is 27.0. The highest BCUT2D eigenvalue weighted by Gasteiger charge is 2.31. The van der Waals surface area contributed by atoms with E-state index in [-0.39, 0.29) is 12.5 Å². The van der Waals surface area contributed by atoms with Gasteiger partial charge in [-0.25, -0.2) is 8.42 Å². The lowest BCUT2D eigenvalue weighted by atomic mass is 10.1. The number of carbonyl (C=O) groups excluding carboxylic acids is 2. The first-order valence-electron chi connectivity index (χ1n) is 10.6. The van der Waals surface area contributed by atoms with Crippen LogP contribution in [0, 0.1) is 6.92 Å². The van der Waals surface area contributed by atoms with Gasteiger partial charge in [-0.15, -0.1) is 0 Å². The first kappa shape index (κ1) is 26.9. The average molecular weight is 539 g/mol. The Hall–Kier alpha value is -2.39. The minimum absolute atomic E-state index is 0.163. The number of benzene rings is 2. The molecule has 0 aliphatic carbocycles. The number of hydrogen-bond acceptors (Lipinski definition) is 4. The molecule has 0 spiro atoms. The molecule has 7 nitrogen and oxygen atoms in total. The highest BCUT2D eigenvalue weighted by atomic mass is 79.9. The summed E-state index contributed by atoms with van der Waals surface area (Å²) in [7, 11) is -3.73. The Kier molecular flexibility index (Phi) is 8.70. The van der Waals surface area contributed by atoms with Gasteiger partial charge < -0.3 is 10.2 Å². The number of anilines is 1. The van der Waals surface area contributed by atoms with E-state index in [4.69, 9.17) is 0 Å². The summed E-state index contributed by atoms with van der Waals surface area (Å²) in [5.74, 6) is -0.783. The van der Waals surface area contributed by atoms with E-state index < -0.39 is 34.1 Å². The van der Waals surface area contributed by atoms with Crippen molar-refractivity contribution in [1.29, 1.82) is 0 Å². The van der Waals surface area contributed by atoms with Crippen molar-refractivity contribution in [2.45, 2.75) is 52.7 Å². The van der Waals surface area contributed by atoms with Crippen LogP contribution < -0.4 is 9.62 Å². The number of sulfonamides is 1. The van der Waals surface area contributed by atoms with Crippen LogP contribution in [-0.4, -0.2) is 49.5 Å². The summed E-state index contributed by atoms with van der Waals surface area (Å²) in [5, 5.41) is 2.90. The zero-order valence-electron chi connectivity index (χ0n) is 19.9. The van der Waals surface area contributed by atoms with Gasteiger partial charge in [-0.2, -0.15) is 0 Å². The van der Waals surface area contributed by atoms with Crippen LogP contribution in [0.1, 0.15) is 38.8 Å². The number of rotatable bonds is 8. The fourth-order valence-electron chi connectivity index (χ4n) is 3.17. The van der Waals surface area contributed by atoms with Gasteiger partial charge in [-0.1, -0.05) is 45.8 Å². The van der Waals surface area contributed by atoms with Gasteiger partial charge in [0.05, 0.1) is 11.9 Å². The molecule has 0 aromatic heterocycles. The highest BCUT2D eigenvalue weighted by Crippen LogP contribution is 2.20. The lowest BCUT2D eigenvalue weighted by Crippen LogP contribution is -2.54. The predicted octanol–water partition coefficient (Wildman–Crippen LogP) is 3.86. The molecule has 0 bridgehead atoms. The fourth-order valence-corrected chi connectivity index (χ4v) is 4.28. The lowest BCUT2D eigenvalue weighted by molar-refractivity contribution is -0.140. The smallest absolute Gasteiger partial charge is 0.244 e. The molecule has 2 rings (SSSR count). The quantitative estimate of drug-likeness (QED) is 0.553. The SMILES string of the molecule is Cc1ccc(N(CC(=O)N(Cc2ccc(Br)cc2)[C@H](C)C(=O)NC(C)(C)C)S(C)(=O)=O)cc1. The van der Waals surface area contributed by atoms with E-state index in [0.717, 1.165) is 26.2 Å². The van der Waals surface area contributed by atoms with Crippen LogP contribution in [0.3, 0.4) is 0 Å². The second-order valence-corrected chi connectivity index (χ2v) is 12.0. The van der Waals surface area contributed by atoms with E-state index in [0.29, 0.717) is 5.69 Å². The summed E-state index contributed by atoms with van der Waals surface area (Å²) in [6, 6.07) is 13.5. The summed E-state index contributed by atoms with van der Waals surface area (Å²) in [5.41, 5.74) is 1.72. The third kappa shape index (κ3) is 8.16. The fraction of sp³-hybridized carbons (Fsp3) is 0.417. The van der Waals surface area contributed by atoms with Crippen LogP contribution >= 0.6 is 15.9 Å². The van der Waals surface area contributed by atoms with Crippen LogP contribution in [0.2, 0.25) is 0 Å². The minimum atomic E-state index is -3.73. The largest absolute Gasteiger partial charge is 0.350 e. The molecule has 1 N–H and O–H groups in total. The van der Waals surface area contributed by atoms with Crippen molar-refractivity contribution >= 4 is 43.5 Å². The number of nitrogens with zero attached hydrogens (tertiary/aromatic N) is 2. The van der Waals surface area contributed by atoms with Gasteiger partial charge in [0.1, 0.15) is 12.6 Å². The van der Waals surface area contributed by atoms with E-state index in [9.17, 15) is 18.0 Å². The zero-order valence-corrected chi connectivity index (χ0v) is 22.3. The van der Waals surface area contributed by atoms with Crippen molar-refractivity contribution in [3.8, 4) is 0 Å². The van der Waals surface area contributed by atoms with Gasteiger partial charge >= 0.3 is 0 Å². The molecule has 180 valence electrons. The molecule has 0 aliphatic rings. The van der Waals surface area contributed by atoms with E-state index in [1.807, 2.05) is 52.0 Å². The molecule has 9 heteroatoms. The Balaban J connectivity index is 2.38. The van der Waals surface area contributed by atoms with Crippen molar-refractivity contribution in [3.05, 3.63) is 64.1 Å². The summed E-state index contributed by atoms with van der Waals surface area (Å²) in [4.78, 5) is 27.8. The van der Waals surface area contributed by atoms with Gasteiger partial charge in [0.15, 0.2) is 0 Å². The van der Waals surface area contributed by atoms with Crippen molar-refractivity contribution in [2.75, 3.05) is 17.1 Å². The monoisotopic (exact) mass is 537 g/mol. The summed E-state index contributed by atoms with van der Waals surface area (Å²) >= 11 is 3.39. The van der Waals surface area contributed by atoms with Crippen molar-refractivity contribution < 1.29 is 18.0 Å². The number of aryl methyl sites for hydroxylation is 1. The second kappa shape index (κ2) is 10.7. The van der Waals surface area contributed by atoms with Gasteiger partial charge in [0.25, 0.3) is 0 Å². The van der Waals surface area contributed by atoms with E-state index >= 15 is 0 Å². The Morgan fingerprint density at radius 3 is 2.06 bits per heavy atom. The molecule has 2 aromatic carbocycles. The van der Waals surface area contributed by atoms with Gasteiger partial charge in [-0.3, -0.25) is 13.9 Å². The Bertz CT molecular complexity index is 1080. The number of amides is 2. The third-order valence-electron chi connectivity index (χ3n) is 4.93. The van der Waals surface area contributed by atoms with Gasteiger partial charge in [-0.05, 0) is 64.4 Å². The topological polar surface area (TPSA) is 86.8 Å². The van der Waals surface area contributed by atoms with Crippen LogP contribution in [-0.2, 0) is 26.2 Å². The van der Waals surface area contributed by atoms with Crippen LogP contribution in [0.5, 0.6) is 0 Å². The number of hydrogen-bond donors (Lipinski definition) is 1. The number of carbonyl (C=O) groups is 2. The normalized spacial score (nSPS) is 12.7. The average Bonchev–Trinajstić information content (AvgIpc) is 2.69. The molecule has 2 amide bonds. The zero-order chi connectivity index (χ0) is 25.0. The highest BCUT2D eigenvalue weighted by molar-refractivity contribution is 9.10. The molecule has 1 atom stereocenters. The molecule has 0 unspecified atom stereocenters. The molecule has 0 heterocycles. The Morgan fingerprint density at radius 2 is 1.58 bits per heavy atom. The molecule has 0 fully saturated rings. The first-order chi connectivity index (χ1) is 15.2. The minimum Gasteiger partial charge on any atom is -0.350 e. The molecule has 0 aliphatic heterocycles. The molecule has 0 saturated carbocycles. The van der Waals surface area contributed by atoms with Gasteiger partial charge in [0.2, 0.25) is 21.8 Å². The van der Waals surface area contributed by atoms with Crippen LogP contribution in [0.15, 0.2) is 53.0 Å². The van der Waals surface area contributed by atoms with Crippen molar-refractivity contribution in [1.82, 2.24) is 10.2 Å². The predicted molar refractivity (Wildman–Crippen MR) is 135 cm³/mol. The van der Waals surface area contributed by atoms with Gasteiger partial charge in [0, 0.05) is 16.6 Å². The lowest BCUT2D eigenvalue weighted by Gasteiger charge is -2.33. The molecule has 2 aromatic rings. The van der Waals surface area contributed by atoms with Crippen LogP contribution in [0.4, 0.5) is 5.69 Å². The number of nitrogens with one attached hydrogen (secondary N) is 1. The molecular weight excluding hydrogens is 506 g/mol. The maximum Gasteiger partial charge on any atom is 0.244 e.